The maximum atomic E-state index is 13.7. The zero-order chi connectivity index (χ0) is 22.8. The standard InChI is InChI=1S/C26H31N5O2/c1-20-11-16-29(17-12-20)25(32)21-8-7-15-30(19-21)26(33)23-18-27-31(22-9-3-2-4-10-22)24(23)28-13-5-6-14-28/h2-6,9-10,13-14,18,20-21H,7-8,11-12,15-17,19H2,1H3. The first-order chi connectivity index (χ1) is 16.1. The van der Waals surface area contributed by atoms with Crippen LogP contribution in [0.25, 0.3) is 11.5 Å². The molecule has 0 aliphatic carbocycles. The van der Waals surface area contributed by atoms with Gasteiger partial charge in [0.2, 0.25) is 5.91 Å². The van der Waals surface area contributed by atoms with E-state index < -0.39 is 0 Å². The summed E-state index contributed by atoms with van der Waals surface area (Å²) in [6.07, 6.45) is 9.34. The summed E-state index contributed by atoms with van der Waals surface area (Å²) in [5.74, 6) is 1.44. The van der Waals surface area contributed by atoms with Crippen molar-refractivity contribution in [3.8, 4) is 11.5 Å². The third-order valence-electron chi connectivity index (χ3n) is 6.98. The maximum Gasteiger partial charge on any atom is 0.259 e. The van der Waals surface area contributed by atoms with E-state index in [1.807, 2.05) is 69.2 Å². The van der Waals surface area contributed by atoms with Crippen molar-refractivity contribution in [1.82, 2.24) is 24.1 Å². The van der Waals surface area contributed by atoms with E-state index in [2.05, 4.69) is 12.0 Å². The second-order valence-corrected chi connectivity index (χ2v) is 9.32. The highest BCUT2D eigenvalue weighted by atomic mass is 16.2. The molecular formula is C26H31N5O2. The van der Waals surface area contributed by atoms with Crippen LogP contribution in [0, 0.1) is 11.8 Å². The maximum absolute atomic E-state index is 13.7. The molecule has 2 aliphatic heterocycles. The van der Waals surface area contributed by atoms with Gasteiger partial charge >= 0.3 is 0 Å². The summed E-state index contributed by atoms with van der Waals surface area (Å²) in [7, 11) is 0. The van der Waals surface area contributed by atoms with Crippen molar-refractivity contribution in [3.05, 3.63) is 66.6 Å². The molecule has 2 aromatic heterocycles. The van der Waals surface area contributed by atoms with Gasteiger partial charge in [-0.2, -0.15) is 5.10 Å². The van der Waals surface area contributed by atoms with E-state index >= 15 is 0 Å². The molecular weight excluding hydrogens is 414 g/mol. The van der Waals surface area contributed by atoms with E-state index in [4.69, 9.17) is 0 Å². The summed E-state index contributed by atoms with van der Waals surface area (Å²) in [5.41, 5.74) is 1.45. The van der Waals surface area contributed by atoms with Crippen molar-refractivity contribution in [2.45, 2.75) is 32.6 Å². The molecule has 0 spiro atoms. The lowest BCUT2D eigenvalue weighted by Gasteiger charge is -2.37. The van der Waals surface area contributed by atoms with Crippen LogP contribution in [0.4, 0.5) is 0 Å². The number of carbonyl (C=O) groups excluding carboxylic acids is 2. The van der Waals surface area contributed by atoms with Crippen LogP contribution in [0.2, 0.25) is 0 Å². The number of likely N-dealkylation sites (tertiary alicyclic amines) is 2. The Morgan fingerprint density at radius 3 is 2.36 bits per heavy atom. The summed E-state index contributed by atoms with van der Waals surface area (Å²) < 4.78 is 3.73. The van der Waals surface area contributed by atoms with Gasteiger partial charge in [-0.15, -0.1) is 0 Å². The number of hydrogen-bond donors (Lipinski definition) is 0. The lowest BCUT2D eigenvalue weighted by molar-refractivity contribution is -0.138. The molecule has 3 aromatic rings. The summed E-state index contributed by atoms with van der Waals surface area (Å²) in [6, 6.07) is 13.7. The van der Waals surface area contributed by atoms with Crippen molar-refractivity contribution in [1.29, 1.82) is 0 Å². The number of amides is 2. The minimum absolute atomic E-state index is 0.0642. The highest BCUT2D eigenvalue weighted by Gasteiger charge is 2.34. The second kappa shape index (κ2) is 9.25. The minimum atomic E-state index is -0.115. The van der Waals surface area contributed by atoms with Crippen molar-refractivity contribution in [2.75, 3.05) is 26.2 Å². The molecule has 2 saturated heterocycles. The van der Waals surface area contributed by atoms with Gasteiger partial charge in [-0.25, -0.2) is 4.68 Å². The van der Waals surface area contributed by atoms with Crippen LogP contribution >= 0.6 is 0 Å². The van der Waals surface area contributed by atoms with Gasteiger partial charge in [-0.05, 0) is 55.9 Å². The van der Waals surface area contributed by atoms with E-state index in [1.54, 1.807) is 10.9 Å². The predicted octanol–water partition coefficient (Wildman–Crippen LogP) is 3.77. The number of rotatable bonds is 4. The predicted molar refractivity (Wildman–Crippen MR) is 126 cm³/mol. The molecule has 0 bridgehead atoms. The Morgan fingerprint density at radius 2 is 1.64 bits per heavy atom. The van der Waals surface area contributed by atoms with Crippen LogP contribution in [-0.2, 0) is 4.79 Å². The third-order valence-corrected chi connectivity index (χ3v) is 6.98. The van der Waals surface area contributed by atoms with Crippen LogP contribution in [0.5, 0.6) is 0 Å². The Bertz CT molecular complexity index is 1100. The number of para-hydroxylation sites is 1. The molecule has 2 aliphatic rings. The highest BCUT2D eigenvalue weighted by molar-refractivity contribution is 5.97. The molecule has 0 N–H and O–H groups in total. The lowest BCUT2D eigenvalue weighted by Crippen LogP contribution is -2.48. The first-order valence-electron chi connectivity index (χ1n) is 12.0. The van der Waals surface area contributed by atoms with Gasteiger partial charge in [0.25, 0.3) is 5.91 Å². The van der Waals surface area contributed by atoms with Gasteiger partial charge in [0, 0.05) is 38.6 Å². The highest BCUT2D eigenvalue weighted by Crippen LogP contribution is 2.26. The summed E-state index contributed by atoms with van der Waals surface area (Å²) in [4.78, 5) is 30.7. The zero-order valence-corrected chi connectivity index (χ0v) is 19.1. The Kier molecular flexibility index (Phi) is 6.03. The first kappa shape index (κ1) is 21.5. The molecule has 1 atom stereocenters. The Labute approximate surface area is 194 Å². The number of hydrogen-bond acceptors (Lipinski definition) is 3. The van der Waals surface area contributed by atoms with Gasteiger partial charge in [0.15, 0.2) is 5.82 Å². The average molecular weight is 446 g/mol. The van der Waals surface area contributed by atoms with Gasteiger partial charge in [-0.1, -0.05) is 25.1 Å². The number of nitrogens with zero attached hydrogens (tertiary/aromatic N) is 5. The third kappa shape index (κ3) is 4.32. The Morgan fingerprint density at radius 1 is 0.909 bits per heavy atom. The average Bonchev–Trinajstić information content (AvgIpc) is 3.54. The van der Waals surface area contributed by atoms with Gasteiger partial charge in [0.1, 0.15) is 5.56 Å². The lowest BCUT2D eigenvalue weighted by atomic mass is 9.93. The van der Waals surface area contributed by atoms with Crippen LogP contribution in [-0.4, -0.2) is 62.1 Å². The summed E-state index contributed by atoms with van der Waals surface area (Å²) >= 11 is 0. The largest absolute Gasteiger partial charge is 0.342 e. The molecule has 2 fully saturated rings. The molecule has 33 heavy (non-hydrogen) atoms. The van der Waals surface area contributed by atoms with Gasteiger partial charge in [-0.3, -0.25) is 9.59 Å². The quantitative estimate of drug-likeness (QED) is 0.614. The molecule has 0 radical (unpaired) electrons. The molecule has 2 amide bonds. The number of carbonyl (C=O) groups is 2. The van der Waals surface area contributed by atoms with E-state index in [1.165, 1.54) is 0 Å². The second-order valence-electron chi connectivity index (χ2n) is 9.32. The SMILES string of the molecule is CC1CCN(C(=O)C2CCCN(C(=O)c3cnn(-c4ccccc4)c3-n3cccc3)C2)CC1. The molecule has 7 heteroatoms. The van der Waals surface area contributed by atoms with E-state index in [0.29, 0.717) is 24.6 Å². The Hall–Kier alpha value is -3.35. The zero-order valence-electron chi connectivity index (χ0n) is 19.1. The van der Waals surface area contributed by atoms with Crippen molar-refractivity contribution < 1.29 is 9.59 Å². The normalized spacial score (nSPS) is 19.6. The fourth-order valence-corrected chi connectivity index (χ4v) is 5.00. The monoisotopic (exact) mass is 445 g/mol. The van der Waals surface area contributed by atoms with Crippen molar-refractivity contribution in [2.24, 2.45) is 11.8 Å². The minimum Gasteiger partial charge on any atom is -0.342 e. The van der Waals surface area contributed by atoms with Crippen molar-refractivity contribution >= 4 is 11.8 Å². The molecule has 172 valence electrons. The molecule has 1 unspecified atom stereocenters. The topological polar surface area (TPSA) is 63.4 Å². The van der Waals surface area contributed by atoms with Crippen LogP contribution in [0.1, 0.15) is 43.0 Å². The fraction of sp³-hybridized carbons (Fsp3) is 0.423. The smallest absolute Gasteiger partial charge is 0.259 e. The van der Waals surface area contributed by atoms with Crippen LogP contribution in [0.3, 0.4) is 0 Å². The van der Waals surface area contributed by atoms with E-state index in [-0.39, 0.29) is 17.7 Å². The van der Waals surface area contributed by atoms with E-state index in [9.17, 15) is 9.59 Å². The van der Waals surface area contributed by atoms with Gasteiger partial charge in [0.05, 0.1) is 17.8 Å². The molecule has 1 aromatic carbocycles. The molecule has 7 nitrogen and oxygen atoms in total. The van der Waals surface area contributed by atoms with Crippen LogP contribution < -0.4 is 0 Å². The summed E-state index contributed by atoms with van der Waals surface area (Å²) in [6.45, 7) is 5.07. The fourth-order valence-electron chi connectivity index (χ4n) is 5.00. The first-order valence-corrected chi connectivity index (χ1v) is 12.0. The Balaban J connectivity index is 1.39. The number of piperidine rings is 2. The molecule has 0 saturated carbocycles. The summed E-state index contributed by atoms with van der Waals surface area (Å²) in [5, 5.41) is 4.57. The number of aromatic nitrogens is 3. The van der Waals surface area contributed by atoms with Crippen LogP contribution in [0.15, 0.2) is 61.1 Å². The molecule has 4 heterocycles. The number of benzene rings is 1. The molecule has 5 rings (SSSR count). The van der Waals surface area contributed by atoms with E-state index in [0.717, 1.165) is 50.3 Å². The van der Waals surface area contributed by atoms with Crippen molar-refractivity contribution in [3.63, 3.8) is 0 Å². The van der Waals surface area contributed by atoms with Gasteiger partial charge < -0.3 is 14.4 Å².